The van der Waals surface area contributed by atoms with Crippen LogP contribution in [-0.4, -0.2) is 47.6 Å². The van der Waals surface area contributed by atoms with Crippen LogP contribution in [0.4, 0.5) is 0 Å². The number of nitrogens with two attached hydrogens (primary N) is 1. The molecule has 6 nitrogen and oxygen atoms in total. The number of hydrogen-bond donors (Lipinski definition) is 1. The zero-order valence-electron chi connectivity index (χ0n) is 13.4. The zero-order chi connectivity index (χ0) is 17.3. The van der Waals surface area contributed by atoms with Gasteiger partial charge in [-0.2, -0.15) is 0 Å². The van der Waals surface area contributed by atoms with Gasteiger partial charge in [0.2, 0.25) is 5.91 Å². The molecule has 2 heterocycles. The number of thioether (sulfide) groups is 1. The summed E-state index contributed by atoms with van der Waals surface area (Å²) >= 11 is 1.50. The van der Waals surface area contributed by atoms with E-state index in [2.05, 4.69) is 6.58 Å². The molecule has 0 bridgehead atoms. The van der Waals surface area contributed by atoms with Gasteiger partial charge in [0.05, 0.1) is 7.11 Å². The van der Waals surface area contributed by atoms with E-state index in [9.17, 15) is 9.59 Å². The number of esters is 1. The molecule has 3 atom stereocenters. The lowest BCUT2D eigenvalue weighted by molar-refractivity contribution is -0.159. The Bertz CT molecular complexity index is 663. The van der Waals surface area contributed by atoms with Gasteiger partial charge in [0.25, 0.3) is 0 Å². The maximum Gasteiger partial charge on any atom is 0.318 e. The molecular weight excluding hydrogens is 328 g/mol. The van der Waals surface area contributed by atoms with E-state index in [1.165, 1.54) is 11.8 Å². The fraction of sp³-hybridized carbons (Fsp3) is 0.412. The Labute approximate surface area is 145 Å². The number of nitrogens with zero attached hydrogens (tertiary/aromatic N) is 1. The highest BCUT2D eigenvalue weighted by Crippen LogP contribution is 2.42. The van der Waals surface area contributed by atoms with Crippen molar-refractivity contribution < 1.29 is 19.1 Å². The molecule has 24 heavy (non-hydrogen) atoms. The standard InChI is InChI=1S/C17H20N2O4S/c1-3-17(9-19-14(20)13(18)15(19)24-10-17)16(21)23-8-11-4-6-12(22-2)7-5-11/h3-7,13,15H,1,8-10,18H2,2H3/t13?,15-,17?/m1/s1. The molecule has 3 rings (SSSR count). The zero-order valence-corrected chi connectivity index (χ0v) is 14.3. The van der Waals surface area contributed by atoms with Crippen LogP contribution in [-0.2, 0) is 20.9 Å². The molecular formula is C17H20N2O4S. The summed E-state index contributed by atoms with van der Waals surface area (Å²) in [6.07, 6.45) is 1.59. The van der Waals surface area contributed by atoms with Gasteiger partial charge in [-0.1, -0.05) is 18.2 Å². The molecule has 2 aliphatic rings. The summed E-state index contributed by atoms with van der Waals surface area (Å²) in [4.78, 5) is 26.1. The Kier molecular flexibility index (Phi) is 4.56. The summed E-state index contributed by atoms with van der Waals surface area (Å²) in [5.41, 5.74) is 5.76. The van der Waals surface area contributed by atoms with Gasteiger partial charge in [0.1, 0.15) is 29.2 Å². The van der Waals surface area contributed by atoms with Gasteiger partial charge >= 0.3 is 5.97 Å². The topological polar surface area (TPSA) is 81.9 Å². The molecule has 2 unspecified atom stereocenters. The van der Waals surface area contributed by atoms with Crippen molar-refractivity contribution in [1.29, 1.82) is 0 Å². The molecule has 0 aliphatic carbocycles. The molecule has 2 aliphatic heterocycles. The molecule has 2 N–H and O–H groups in total. The number of rotatable bonds is 5. The van der Waals surface area contributed by atoms with Crippen LogP contribution in [0.1, 0.15) is 5.56 Å². The molecule has 7 heteroatoms. The largest absolute Gasteiger partial charge is 0.497 e. The minimum atomic E-state index is -0.885. The van der Waals surface area contributed by atoms with Crippen LogP contribution < -0.4 is 10.5 Å². The van der Waals surface area contributed by atoms with Crippen molar-refractivity contribution in [3.05, 3.63) is 42.5 Å². The lowest BCUT2D eigenvalue weighted by Crippen LogP contribution is -2.71. The van der Waals surface area contributed by atoms with Crippen molar-refractivity contribution in [2.75, 3.05) is 19.4 Å². The second-order valence-electron chi connectivity index (χ2n) is 5.98. The Balaban J connectivity index is 1.64. The summed E-state index contributed by atoms with van der Waals surface area (Å²) in [5, 5.41) is -0.0417. The SMILES string of the molecule is C=CC1(C(=O)OCc2ccc(OC)cc2)CS[C@@H]2C(N)C(=O)N2C1. The second-order valence-corrected chi connectivity index (χ2v) is 7.08. The number of amides is 1. The third kappa shape index (κ3) is 2.78. The fourth-order valence-electron chi connectivity index (χ4n) is 2.84. The summed E-state index contributed by atoms with van der Waals surface area (Å²) < 4.78 is 10.6. The summed E-state index contributed by atoms with van der Waals surface area (Å²) in [5.74, 6) is 0.768. The number of benzene rings is 1. The summed E-state index contributed by atoms with van der Waals surface area (Å²) in [6.45, 7) is 4.23. The Morgan fingerprint density at radius 2 is 2.21 bits per heavy atom. The van der Waals surface area contributed by atoms with Crippen molar-refractivity contribution in [1.82, 2.24) is 4.90 Å². The van der Waals surface area contributed by atoms with Crippen molar-refractivity contribution >= 4 is 23.6 Å². The van der Waals surface area contributed by atoms with Gasteiger partial charge in [0.15, 0.2) is 0 Å². The third-order valence-corrected chi connectivity index (χ3v) is 6.04. The molecule has 0 spiro atoms. The molecule has 1 aromatic rings. The molecule has 0 aromatic heterocycles. The maximum absolute atomic E-state index is 12.6. The van der Waals surface area contributed by atoms with Crippen LogP contribution in [0, 0.1) is 5.41 Å². The van der Waals surface area contributed by atoms with E-state index in [1.807, 2.05) is 24.3 Å². The van der Waals surface area contributed by atoms with E-state index in [0.717, 1.165) is 11.3 Å². The van der Waals surface area contributed by atoms with Crippen molar-refractivity contribution in [2.45, 2.75) is 18.0 Å². The van der Waals surface area contributed by atoms with E-state index >= 15 is 0 Å². The highest BCUT2D eigenvalue weighted by Gasteiger charge is 2.55. The molecule has 2 saturated heterocycles. The first kappa shape index (κ1) is 16.9. The van der Waals surface area contributed by atoms with Gasteiger partial charge < -0.3 is 20.1 Å². The van der Waals surface area contributed by atoms with E-state index in [1.54, 1.807) is 18.1 Å². The lowest BCUT2D eigenvalue weighted by Gasteiger charge is -2.52. The number of fused-ring (bicyclic) bond motifs is 1. The smallest absolute Gasteiger partial charge is 0.318 e. The van der Waals surface area contributed by atoms with E-state index in [-0.39, 0.29) is 30.4 Å². The second kappa shape index (κ2) is 6.49. The average molecular weight is 348 g/mol. The highest BCUT2D eigenvalue weighted by molar-refractivity contribution is 8.00. The molecule has 1 amide bonds. The van der Waals surface area contributed by atoms with Gasteiger partial charge in [0, 0.05) is 12.3 Å². The number of hydrogen-bond acceptors (Lipinski definition) is 6. The van der Waals surface area contributed by atoms with Crippen LogP contribution in [0.3, 0.4) is 0 Å². The highest BCUT2D eigenvalue weighted by atomic mass is 32.2. The molecule has 128 valence electrons. The molecule has 0 saturated carbocycles. The summed E-state index contributed by atoms with van der Waals surface area (Å²) in [6, 6.07) is 6.85. The third-order valence-electron chi connectivity index (χ3n) is 4.47. The number of carbonyl (C=O) groups is 2. The van der Waals surface area contributed by atoms with Crippen molar-refractivity contribution in [3.8, 4) is 5.75 Å². The van der Waals surface area contributed by atoms with Crippen LogP contribution >= 0.6 is 11.8 Å². The fourth-order valence-corrected chi connectivity index (χ4v) is 4.32. The van der Waals surface area contributed by atoms with Gasteiger partial charge in [-0.3, -0.25) is 9.59 Å². The first-order valence-electron chi connectivity index (χ1n) is 7.62. The molecule has 0 radical (unpaired) electrons. The van der Waals surface area contributed by atoms with Gasteiger partial charge in [-0.15, -0.1) is 18.3 Å². The van der Waals surface area contributed by atoms with Crippen LogP contribution in [0.15, 0.2) is 36.9 Å². The number of carbonyl (C=O) groups excluding carboxylic acids is 2. The lowest BCUT2D eigenvalue weighted by atomic mass is 9.87. The van der Waals surface area contributed by atoms with E-state index < -0.39 is 11.5 Å². The van der Waals surface area contributed by atoms with E-state index in [4.69, 9.17) is 15.2 Å². The Hall–Kier alpha value is -1.99. The number of β-lactam (4-membered cyclic amide) rings is 1. The van der Waals surface area contributed by atoms with Crippen LogP contribution in [0.25, 0.3) is 0 Å². The predicted octanol–water partition coefficient (Wildman–Crippen LogP) is 1.15. The minimum absolute atomic E-state index is 0.0417. The number of methoxy groups -OCH3 is 1. The monoisotopic (exact) mass is 348 g/mol. The average Bonchev–Trinajstić information content (AvgIpc) is 2.65. The quantitative estimate of drug-likeness (QED) is 0.488. The Morgan fingerprint density at radius 1 is 1.50 bits per heavy atom. The maximum atomic E-state index is 12.6. The van der Waals surface area contributed by atoms with Crippen molar-refractivity contribution in [3.63, 3.8) is 0 Å². The molecule has 2 fully saturated rings. The van der Waals surface area contributed by atoms with Gasteiger partial charge in [-0.05, 0) is 17.7 Å². The summed E-state index contributed by atoms with van der Waals surface area (Å²) in [7, 11) is 1.60. The van der Waals surface area contributed by atoms with Crippen molar-refractivity contribution in [2.24, 2.45) is 11.1 Å². The van der Waals surface area contributed by atoms with Crippen LogP contribution in [0.2, 0.25) is 0 Å². The van der Waals surface area contributed by atoms with Crippen LogP contribution in [0.5, 0.6) is 5.75 Å². The number of ether oxygens (including phenoxy) is 2. The molecule has 1 aromatic carbocycles. The minimum Gasteiger partial charge on any atom is -0.497 e. The predicted molar refractivity (Wildman–Crippen MR) is 91.4 cm³/mol. The first-order valence-corrected chi connectivity index (χ1v) is 8.67. The Morgan fingerprint density at radius 3 is 2.83 bits per heavy atom. The first-order chi connectivity index (χ1) is 11.5. The normalized spacial score (nSPS) is 28.6. The van der Waals surface area contributed by atoms with E-state index in [0.29, 0.717) is 5.75 Å². The van der Waals surface area contributed by atoms with Gasteiger partial charge in [-0.25, -0.2) is 0 Å².